The zero-order valence-electron chi connectivity index (χ0n) is 16.4. The van der Waals surface area contributed by atoms with Gasteiger partial charge in [-0.25, -0.2) is 0 Å². The minimum Gasteiger partial charge on any atom is -0.496 e. The van der Waals surface area contributed by atoms with Crippen molar-refractivity contribution >= 4 is 5.91 Å². The first-order valence-electron chi connectivity index (χ1n) is 9.90. The van der Waals surface area contributed by atoms with E-state index in [1.165, 1.54) is 11.1 Å². The van der Waals surface area contributed by atoms with E-state index in [0.29, 0.717) is 12.5 Å². The molecule has 0 aliphatic carbocycles. The number of piperidine rings is 1. The number of methoxy groups -OCH3 is 1. The van der Waals surface area contributed by atoms with Gasteiger partial charge in [0.15, 0.2) is 0 Å². The van der Waals surface area contributed by atoms with Crippen molar-refractivity contribution in [3.05, 3.63) is 65.2 Å². The van der Waals surface area contributed by atoms with Crippen LogP contribution >= 0.6 is 0 Å². The lowest BCUT2D eigenvalue weighted by molar-refractivity contribution is -0.131. The van der Waals surface area contributed by atoms with Crippen LogP contribution in [0.1, 0.15) is 36.5 Å². The quantitative estimate of drug-likeness (QED) is 0.814. The molecule has 1 amide bonds. The smallest absolute Gasteiger partial charge is 0.227 e. The largest absolute Gasteiger partial charge is 0.496 e. The van der Waals surface area contributed by atoms with E-state index in [-0.39, 0.29) is 5.91 Å². The van der Waals surface area contributed by atoms with Crippen LogP contribution in [0.3, 0.4) is 0 Å². The van der Waals surface area contributed by atoms with Crippen LogP contribution in [0.2, 0.25) is 0 Å². The van der Waals surface area contributed by atoms with Crippen LogP contribution in [0.15, 0.2) is 48.5 Å². The van der Waals surface area contributed by atoms with E-state index in [1.54, 1.807) is 7.11 Å². The summed E-state index contributed by atoms with van der Waals surface area (Å²) >= 11 is 0. The second-order valence-corrected chi connectivity index (χ2v) is 7.19. The van der Waals surface area contributed by atoms with Crippen molar-refractivity contribution in [2.45, 2.75) is 45.2 Å². The third-order valence-electron chi connectivity index (χ3n) is 5.41. The molecule has 1 heterocycles. The molecule has 1 aliphatic heterocycles. The molecule has 4 nitrogen and oxygen atoms in total. The van der Waals surface area contributed by atoms with Gasteiger partial charge >= 0.3 is 0 Å². The summed E-state index contributed by atoms with van der Waals surface area (Å²) in [6, 6.07) is 17.1. The summed E-state index contributed by atoms with van der Waals surface area (Å²) in [5.41, 5.74) is 3.66. The van der Waals surface area contributed by atoms with Gasteiger partial charge in [-0.15, -0.1) is 0 Å². The number of hydrogen-bond donors (Lipinski definition) is 1. The highest BCUT2D eigenvalue weighted by molar-refractivity contribution is 5.79. The number of nitrogens with zero attached hydrogens (tertiary/aromatic N) is 1. The van der Waals surface area contributed by atoms with Gasteiger partial charge in [-0.05, 0) is 36.5 Å². The maximum Gasteiger partial charge on any atom is 0.227 e. The van der Waals surface area contributed by atoms with Crippen LogP contribution in [0.25, 0.3) is 0 Å². The Hall–Kier alpha value is -2.33. The molecular formula is C23H30N2O2. The molecule has 0 unspecified atom stereocenters. The summed E-state index contributed by atoms with van der Waals surface area (Å²) in [7, 11) is 1.65. The number of benzene rings is 2. The molecule has 1 saturated heterocycles. The number of rotatable bonds is 7. The predicted molar refractivity (Wildman–Crippen MR) is 109 cm³/mol. The number of amides is 1. The molecule has 2 aromatic rings. The Morgan fingerprint density at radius 3 is 2.41 bits per heavy atom. The summed E-state index contributed by atoms with van der Waals surface area (Å²) in [5.74, 6) is 0.976. The van der Waals surface area contributed by atoms with Gasteiger partial charge in [0, 0.05) is 31.2 Å². The summed E-state index contributed by atoms with van der Waals surface area (Å²) in [6.07, 6.45) is 3.50. The fourth-order valence-corrected chi connectivity index (χ4v) is 3.61. The number of likely N-dealkylation sites (tertiary alicyclic amines) is 1. The Kier molecular flexibility index (Phi) is 6.88. The van der Waals surface area contributed by atoms with Gasteiger partial charge in [0.25, 0.3) is 0 Å². The Bertz CT molecular complexity index is 734. The molecule has 0 atom stereocenters. The number of aryl methyl sites for hydroxylation is 1. The Morgan fingerprint density at radius 1 is 1.07 bits per heavy atom. The van der Waals surface area contributed by atoms with Gasteiger partial charge in [0.2, 0.25) is 5.91 Å². The van der Waals surface area contributed by atoms with Gasteiger partial charge in [-0.1, -0.05) is 49.4 Å². The molecule has 27 heavy (non-hydrogen) atoms. The lowest BCUT2D eigenvalue weighted by atomic mass is 10.0. The fraction of sp³-hybridized carbons (Fsp3) is 0.435. The van der Waals surface area contributed by atoms with Crippen LogP contribution < -0.4 is 10.1 Å². The molecule has 0 aromatic heterocycles. The standard InChI is InChI=1S/C23H30N2O2/c1-3-18-8-10-19(11-9-18)17-24-21-12-14-25(15-13-21)23(26)16-20-6-4-5-7-22(20)27-2/h4-11,21,24H,3,12-17H2,1-2H3. The molecule has 1 aliphatic rings. The number of carbonyl (C=O) groups is 1. The van der Waals surface area contributed by atoms with E-state index >= 15 is 0 Å². The van der Waals surface area contributed by atoms with Crippen molar-refractivity contribution in [1.29, 1.82) is 0 Å². The first-order valence-corrected chi connectivity index (χ1v) is 9.90. The van der Waals surface area contributed by atoms with E-state index in [9.17, 15) is 4.79 Å². The van der Waals surface area contributed by atoms with Crippen LogP contribution in [0, 0.1) is 0 Å². The van der Waals surface area contributed by atoms with Crippen molar-refractivity contribution in [1.82, 2.24) is 10.2 Å². The second kappa shape index (κ2) is 9.56. The highest BCUT2D eigenvalue weighted by atomic mass is 16.5. The lowest BCUT2D eigenvalue weighted by Crippen LogP contribution is -2.45. The number of carbonyl (C=O) groups excluding carboxylic acids is 1. The summed E-state index contributed by atoms with van der Waals surface area (Å²) in [5, 5.41) is 3.64. The second-order valence-electron chi connectivity index (χ2n) is 7.19. The lowest BCUT2D eigenvalue weighted by Gasteiger charge is -2.32. The van der Waals surface area contributed by atoms with Gasteiger partial charge in [0.05, 0.1) is 13.5 Å². The van der Waals surface area contributed by atoms with Gasteiger partial charge in [-0.3, -0.25) is 4.79 Å². The minimum atomic E-state index is 0.188. The number of para-hydroxylation sites is 1. The first kappa shape index (κ1) is 19.4. The Labute approximate surface area is 162 Å². The fourth-order valence-electron chi connectivity index (χ4n) is 3.61. The Balaban J connectivity index is 1.44. The van der Waals surface area contributed by atoms with Crippen LogP contribution in [0.5, 0.6) is 5.75 Å². The third kappa shape index (κ3) is 5.33. The topological polar surface area (TPSA) is 41.6 Å². The number of hydrogen-bond acceptors (Lipinski definition) is 3. The van der Waals surface area contributed by atoms with E-state index in [4.69, 9.17) is 4.74 Å². The average molecular weight is 367 g/mol. The SMILES string of the molecule is CCc1ccc(CNC2CCN(C(=O)Cc3ccccc3OC)CC2)cc1. The number of nitrogens with one attached hydrogen (secondary N) is 1. The molecule has 2 aromatic carbocycles. The maximum atomic E-state index is 12.6. The molecule has 0 bridgehead atoms. The zero-order valence-corrected chi connectivity index (χ0v) is 16.4. The molecule has 1 N–H and O–H groups in total. The van der Waals surface area contributed by atoms with E-state index in [0.717, 1.165) is 50.2 Å². The Morgan fingerprint density at radius 2 is 1.74 bits per heavy atom. The normalized spacial score (nSPS) is 15.0. The van der Waals surface area contributed by atoms with Gasteiger partial charge in [-0.2, -0.15) is 0 Å². The van der Waals surface area contributed by atoms with Crippen molar-refractivity contribution in [3.63, 3.8) is 0 Å². The minimum absolute atomic E-state index is 0.188. The van der Waals surface area contributed by atoms with E-state index in [2.05, 4.69) is 36.5 Å². The van der Waals surface area contributed by atoms with Crippen LogP contribution in [-0.4, -0.2) is 37.0 Å². The van der Waals surface area contributed by atoms with Gasteiger partial charge in [0.1, 0.15) is 5.75 Å². The van der Waals surface area contributed by atoms with Crippen molar-refractivity contribution in [2.75, 3.05) is 20.2 Å². The predicted octanol–water partition coefficient (Wildman–Crippen LogP) is 3.58. The summed E-state index contributed by atoms with van der Waals surface area (Å²) in [4.78, 5) is 14.6. The van der Waals surface area contributed by atoms with E-state index in [1.807, 2.05) is 29.2 Å². The van der Waals surface area contributed by atoms with Crippen LogP contribution in [-0.2, 0) is 24.2 Å². The highest BCUT2D eigenvalue weighted by Gasteiger charge is 2.23. The molecule has 144 valence electrons. The third-order valence-corrected chi connectivity index (χ3v) is 5.41. The highest BCUT2D eigenvalue weighted by Crippen LogP contribution is 2.20. The van der Waals surface area contributed by atoms with E-state index < -0.39 is 0 Å². The molecule has 0 saturated carbocycles. The molecule has 3 rings (SSSR count). The first-order chi connectivity index (χ1) is 13.2. The molecule has 1 fully saturated rings. The van der Waals surface area contributed by atoms with Crippen molar-refractivity contribution in [3.8, 4) is 5.75 Å². The zero-order chi connectivity index (χ0) is 19.1. The molecule has 0 spiro atoms. The molecular weight excluding hydrogens is 336 g/mol. The maximum absolute atomic E-state index is 12.6. The van der Waals surface area contributed by atoms with Gasteiger partial charge < -0.3 is 15.0 Å². The summed E-state index contributed by atoms with van der Waals surface area (Å²) in [6.45, 7) is 4.71. The average Bonchev–Trinajstić information content (AvgIpc) is 2.73. The van der Waals surface area contributed by atoms with Crippen LogP contribution in [0.4, 0.5) is 0 Å². The number of ether oxygens (including phenoxy) is 1. The monoisotopic (exact) mass is 366 g/mol. The molecule has 0 radical (unpaired) electrons. The molecule has 4 heteroatoms. The van der Waals surface area contributed by atoms with Crippen molar-refractivity contribution < 1.29 is 9.53 Å². The summed E-state index contributed by atoms with van der Waals surface area (Å²) < 4.78 is 5.36. The van der Waals surface area contributed by atoms with Crippen molar-refractivity contribution in [2.24, 2.45) is 0 Å².